The fourth-order valence-electron chi connectivity index (χ4n) is 2.95. The zero-order chi connectivity index (χ0) is 16.4. The van der Waals surface area contributed by atoms with Gasteiger partial charge in [0.1, 0.15) is 5.82 Å². The van der Waals surface area contributed by atoms with Crippen LogP contribution in [0.15, 0.2) is 72.8 Å². The highest BCUT2D eigenvalue weighted by Crippen LogP contribution is 2.23. The topological polar surface area (TPSA) is 28.7 Å². The third-order valence-corrected chi connectivity index (χ3v) is 4.41. The van der Waals surface area contributed by atoms with E-state index in [-0.39, 0.29) is 0 Å². The van der Waals surface area contributed by atoms with Gasteiger partial charge in [0, 0.05) is 11.4 Å². The Bertz CT molecular complexity index is 973. The van der Waals surface area contributed by atoms with Gasteiger partial charge in [-0.15, -0.1) is 0 Å². The second kappa shape index (κ2) is 6.50. The Morgan fingerprint density at radius 2 is 1.67 bits per heavy atom. The summed E-state index contributed by atoms with van der Waals surface area (Å²) < 4.78 is 0. The summed E-state index contributed by atoms with van der Waals surface area (Å²) in [6, 6.07) is 24.8. The maximum atomic E-state index is 6.04. The standard InChI is InChI=1S/C21H17ClN2/c22-18-8-4-5-15(13-18)9-12-21-23-19-11-10-17(14-20(19)24-21)16-6-2-1-3-7-16/h1-8,10-11,13-14H,9,12H2,(H,23,24). The fourth-order valence-corrected chi connectivity index (χ4v) is 3.16. The van der Waals surface area contributed by atoms with E-state index in [0.717, 1.165) is 34.7 Å². The molecule has 0 aliphatic rings. The van der Waals surface area contributed by atoms with E-state index in [1.165, 1.54) is 16.7 Å². The van der Waals surface area contributed by atoms with Gasteiger partial charge in [0.25, 0.3) is 0 Å². The molecule has 0 unspecified atom stereocenters. The smallest absolute Gasteiger partial charge is 0.107 e. The number of hydrogen-bond acceptors (Lipinski definition) is 1. The number of H-pyrrole nitrogens is 1. The lowest BCUT2D eigenvalue weighted by Crippen LogP contribution is -1.93. The van der Waals surface area contributed by atoms with Gasteiger partial charge in [-0.25, -0.2) is 4.98 Å². The summed E-state index contributed by atoms with van der Waals surface area (Å²) in [7, 11) is 0. The molecule has 1 aromatic heterocycles. The largest absolute Gasteiger partial charge is 0.342 e. The van der Waals surface area contributed by atoms with E-state index >= 15 is 0 Å². The Morgan fingerprint density at radius 3 is 2.50 bits per heavy atom. The Labute approximate surface area is 146 Å². The van der Waals surface area contributed by atoms with Crippen LogP contribution in [0.5, 0.6) is 0 Å². The van der Waals surface area contributed by atoms with E-state index in [0.29, 0.717) is 0 Å². The summed E-state index contributed by atoms with van der Waals surface area (Å²) in [5.41, 5.74) is 5.74. The first-order chi connectivity index (χ1) is 11.8. The molecular weight excluding hydrogens is 316 g/mol. The third kappa shape index (κ3) is 3.19. The van der Waals surface area contributed by atoms with Crippen LogP contribution in [0.1, 0.15) is 11.4 Å². The summed E-state index contributed by atoms with van der Waals surface area (Å²) in [5.74, 6) is 1.01. The molecular formula is C21H17ClN2. The maximum absolute atomic E-state index is 6.04. The summed E-state index contributed by atoms with van der Waals surface area (Å²) >= 11 is 6.04. The molecule has 0 atom stereocenters. The summed E-state index contributed by atoms with van der Waals surface area (Å²) in [6.07, 6.45) is 1.79. The van der Waals surface area contributed by atoms with Gasteiger partial charge >= 0.3 is 0 Å². The molecule has 2 nitrogen and oxygen atoms in total. The molecule has 3 heteroatoms. The summed E-state index contributed by atoms with van der Waals surface area (Å²) in [5, 5.41) is 0.782. The Hall–Kier alpha value is -2.58. The molecule has 0 aliphatic carbocycles. The number of benzene rings is 3. The van der Waals surface area contributed by atoms with Crippen LogP contribution in [0.4, 0.5) is 0 Å². The number of rotatable bonds is 4. The van der Waals surface area contributed by atoms with Crippen molar-refractivity contribution in [1.82, 2.24) is 9.97 Å². The van der Waals surface area contributed by atoms with Crippen LogP contribution in [-0.2, 0) is 12.8 Å². The third-order valence-electron chi connectivity index (χ3n) is 4.18. The van der Waals surface area contributed by atoms with E-state index in [1.807, 2.05) is 24.3 Å². The van der Waals surface area contributed by atoms with Crippen molar-refractivity contribution in [3.05, 3.63) is 89.2 Å². The molecule has 4 rings (SSSR count). The van der Waals surface area contributed by atoms with Crippen molar-refractivity contribution in [1.29, 1.82) is 0 Å². The molecule has 0 saturated carbocycles. The van der Waals surface area contributed by atoms with Crippen molar-refractivity contribution in [3.63, 3.8) is 0 Å². The molecule has 0 amide bonds. The number of halogens is 1. The SMILES string of the molecule is Clc1cccc(CCc2nc3ccc(-c4ccccc4)cc3[nH]2)c1. The monoisotopic (exact) mass is 332 g/mol. The number of aromatic amines is 1. The maximum Gasteiger partial charge on any atom is 0.107 e. The lowest BCUT2D eigenvalue weighted by Gasteiger charge is -2.00. The number of hydrogen-bond donors (Lipinski definition) is 1. The van der Waals surface area contributed by atoms with Gasteiger partial charge in [0.15, 0.2) is 0 Å². The van der Waals surface area contributed by atoms with Crippen molar-refractivity contribution >= 4 is 22.6 Å². The van der Waals surface area contributed by atoms with Gasteiger partial charge in [-0.3, -0.25) is 0 Å². The predicted octanol–water partition coefficient (Wildman–Crippen LogP) is 5.67. The zero-order valence-corrected chi connectivity index (χ0v) is 13.9. The van der Waals surface area contributed by atoms with Crippen molar-refractivity contribution < 1.29 is 0 Å². The molecule has 4 aromatic rings. The van der Waals surface area contributed by atoms with Crippen molar-refractivity contribution in [2.75, 3.05) is 0 Å². The number of nitrogens with zero attached hydrogens (tertiary/aromatic N) is 1. The van der Waals surface area contributed by atoms with Gasteiger partial charge < -0.3 is 4.98 Å². The summed E-state index contributed by atoms with van der Waals surface area (Å²) in [6.45, 7) is 0. The number of fused-ring (bicyclic) bond motifs is 1. The molecule has 0 saturated heterocycles. The number of aryl methyl sites for hydroxylation is 2. The number of aromatic nitrogens is 2. The molecule has 0 fully saturated rings. The van der Waals surface area contributed by atoms with Crippen LogP contribution >= 0.6 is 11.6 Å². The Balaban J connectivity index is 1.57. The van der Waals surface area contributed by atoms with Crippen molar-refractivity contribution in [2.24, 2.45) is 0 Å². The average molecular weight is 333 g/mol. The molecule has 24 heavy (non-hydrogen) atoms. The van der Waals surface area contributed by atoms with Gasteiger partial charge in [0.05, 0.1) is 11.0 Å². The van der Waals surface area contributed by atoms with Crippen LogP contribution in [0.3, 0.4) is 0 Å². The van der Waals surface area contributed by atoms with E-state index < -0.39 is 0 Å². The molecule has 118 valence electrons. The van der Waals surface area contributed by atoms with Crippen LogP contribution in [0.25, 0.3) is 22.2 Å². The molecule has 0 radical (unpaired) electrons. The Kier molecular flexibility index (Phi) is 4.06. The Morgan fingerprint density at radius 1 is 0.792 bits per heavy atom. The molecule has 3 aromatic carbocycles. The first-order valence-electron chi connectivity index (χ1n) is 8.06. The molecule has 0 aliphatic heterocycles. The lowest BCUT2D eigenvalue weighted by molar-refractivity contribution is 0.890. The highest BCUT2D eigenvalue weighted by molar-refractivity contribution is 6.30. The van der Waals surface area contributed by atoms with E-state index in [2.05, 4.69) is 53.5 Å². The van der Waals surface area contributed by atoms with Crippen molar-refractivity contribution in [3.8, 4) is 11.1 Å². The minimum atomic E-state index is 0.782. The van der Waals surface area contributed by atoms with E-state index in [9.17, 15) is 0 Å². The highest BCUT2D eigenvalue weighted by atomic mass is 35.5. The molecule has 1 heterocycles. The fraction of sp³-hybridized carbons (Fsp3) is 0.0952. The minimum absolute atomic E-state index is 0.782. The van der Waals surface area contributed by atoms with E-state index in [4.69, 9.17) is 16.6 Å². The quantitative estimate of drug-likeness (QED) is 0.512. The van der Waals surface area contributed by atoms with Gasteiger partial charge in [-0.1, -0.05) is 60.1 Å². The van der Waals surface area contributed by atoms with Gasteiger partial charge in [-0.2, -0.15) is 0 Å². The minimum Gasteiger partial charge on any atom is -0.342 e. The van der Waals surface area contributed by atoms with Crippen molar-refractivity contribution in [2.45, 2.75) is 12.8 Å². The predicted molar refractivity (Wildman–Crippen MR) is 100 cm³/mol. The van der Waals surface area contributed by atoms with Crippen LogP contribution in [0, 0.1) is 0 Å². The van der Waals surface area contributed by atoms with Crippen LogP contribution in [-0.4, -0.2) is 9.97 Å². The lowest BCUT2D eigenvalue weighted by atomic mass is 10.1. The van der Waals surface area contributed by atoms with Gasteiger partial charge in [0.2, 0.25) is 0 Å². The van der Waals surface area contributed by atoms with E-state index in [1.54, 1.807) is 0 Å². The second-order valence-corrected chi connectivity index (χ2v) is 6.35. The first kappa shape index (κ1) is 15.0. The molecule has 0 bridgehead atoms. The normalized spacial score (nSPS) is 11.0. The molecule has 1 N–H and O–H groups in total. The van der Waals surface area contributed by atoms with Crippen LogP contribution in [0.2, 0.25) is 5.02 Å². The second-order valence-electron chi connectivity index (χ2n) is 5.91. The molecule has 0 spiro atoms. The summed E-state index contributed by atoms with van der Waals surface area (Å²) in [4.78, 5) is 8.14. The van der Waals surface area contributed by atoms with Crippen LogP contribution < -0.4 is 0 Å². The number of imidazole rings is 1. The highest BCUT2D eigenvalue weighted by Gasteiger charge is 2.05. The first-order valence-corrected chi connectivity index (χ1v) is 8.44. The zero-order valence-electron chi connectivity index (χ0n) is 13.2. The van der Waals surface area contributed by atoms with Gasteiger partial charge in [-0.05, 0) is 47.4 Å². The number of nitrogens with one attached hydrogen (secondary N) is 1. The average Bonchev–Trinajstić information content (AvgIpc) is 3.03.